The second-order valence-electron chi connectivity index (χ2n) is 4.36. The third-order valence-corrected chi connectivity index (χ3v) is 4.04. The van der Waals surface area contributed by atoms with E-state index in [2.05, 4.69) is 13.0 Å². The van der Waals surface area contributed by atoms with Crippen molar-refractivity contribution in [2.24, 2.45) is 0 Å². The smallest absolute Gasteiger partial charge is 0.160 e. The van der Waals surface area contributed by atoms with E-state index in [-0.39, 0.29) is 5.78 Å². The number of hydrogen-bond acceptors (Lipinski definition) is 3. The van der Waals surface area contributed by atoms with Crippen molar-refractivity contribution >= 4 is 28.9 Å². The summed E-state index contributed by atoms with van der Waals surface area (Å²) in [6.07, 6.45) is 4.98. The van der Waals surface area contributed by atoms with Gasteiger partial charge in [-0.1, -0.05) is 25.1 Å². The van der Waals surface area contributed by atoms with Crippen molar-refractivity contribution in [3.8, 4) is 0 Å². The predicted octanol–water partition coefficient (Wildman–Crippen LogP) is 3.72. The zero-order valence-electron chi connectivity index (χ0n) is 10.9. The van der Waals surface area contributed by atoms with Crippen molar-refractivity contribution in [1.82, 2.24) is 0 Å². The van der Waals surface area contributed by atoms with Gasteiger partial charge in [-0.25, -0.2) is 0 Å². The van der Waals surface area contributed by atoms with Gasteiger partial charge in [0.05, 0.1) is 0 Å². The first-order valence-corrected chi connectivity index (χ1v) is 7.13. The zero-order chi connectivity index (χ0) is 13.7. The van der Waals surface area contributed by atoms with Crippen molar-refractivity contribution in [1.29, 1.82) is 0 Å². The second kappa shape index (κ2) is 6.34. The molecule has 0 fully saturated rings. The molecular weight excluding hydrogens is 254 g/mol. The average molecular weight is 271 g/mol. The number of hydrogen-bond donors (Lipinski definition) is 1. The molecule has 0 saturated carbocycles. The molecule has 1 aromatic carbocycles. The molecule has 0 aliphatic heterocycles. The summed E-state index contributed by atoms with van der Waals surface area (Å²) in [5.74, 6) is 0.126. The maximum atomic E-state index is 11.8. The van der Waals surface area contributed by atoms with E-state index >= 15 is 0 Å². The van der Waals surface area contributed by atoms with E-state index in [1.54, 1.807) is 17.4 Å². The topological polar surface area (TPSA) is 43.1 Å². The largest absolute Gasteiger partial charge is 0.399 e. The number of aryl methyl sites for hydroxylation is 1. The van der Waals surface area contributed by atoms with Crippen LogP contribution in [0.25, 0.3) is 6.08 Å². The van der Waals surface area contributed by atoms with Crippen LogP contribution in [0.5, 0.6) is 0 Å². The van der Waals surface area contributed by atoms with Gasteiger partial charge in [-0.3, -0.25) is 4.79 Å². The summed E-state index contributed by atoms with van der Waals surface area (Å²) >= 11 is 1.71. The number of allylic oxidation sites excluding steroid dienone is 1. The Bertz CT molecular complexity index is 581. The van der Waals surface area contributed by atoms with Gasteiger partial charge < -0.3 is 5.73 Å². The summed E-state index contributed by atoms with van der Waals surface area (Å²) < 4.78 is 0. The third kappa shape index (κ3) is 4.07. The van der Waals surface area contributed by atoms with E-state index in [4.69, 9.17) is 5.73 Å². The molecule has 0 aliphatic carbocycles. The van der Waals surface area contributed by atoms with Crippen molar-refractivity contribution in [3.63, 3.8) is 0 Å². The molecule has 3 heteroatoms. The third-order valence-electron chi connectivity index (χ3n) is 2.81. The lowest BCUT2D eigenvalue weighted by Crippen LogP contribution is -1.95. The Morgan fingerprint density at radius 2 is 1.84 bits per heavy atom. The lowest BCUT2D eigenvalue weighted by Gasteiger charge is -1.95. The molecule has 0 aliphatic rings. The molecule has 0 saturated heterocycles. The van der Waals surface area contributed by atoms with Crippen LogP contribution in [0.15, 0.2) is 42.5 Å². The van der Waals surface area contributed by atoms with Crippen LogP contribution in [-0.4, -0.2) is 5.78 Å². The summed E-state index contributed by atoms with van der Waals surface area (Å²) in [4.78, 5) is 14.3. The quantitative estimate of drug-likeness (QED) is 0.665. The Labute approximate surface area is 117 Å². The molecule has 98 valence electrons. The van der Waals surface area contributed by atoms with E-state index in [1.165, 1.54) is 4.88 Å². The van der Waals surface area contributed by atoms with E-state index in [9.17, 15) is 4.79 Å². The summed E-state index contributed by atoms with van der Waals surface area (Å²) in [6, 6.07) is 11.6. The molecule has 2 aromatic rings. The minimum absolute atomic E-state index is 0.126. The first-order chi connectivity index (χ1) is 9.17. The highest BCUT2D eigenvalue weighted by Crippen LogP contribution is 2.18. The van der Waals surface area contributed by atoms with Gasteiger partial charge in [-0.05, 0) is 42.3 Å². The second-order valence-corrected chi connectivity index (χ2v) is 5.62. The van der Waals surface area contributed by atoms with Gasteiger partial charge in [-0.2, -0.15) is 0 Å². The molecular formula is C16H17NOS. The molecule has 19 heavy (non-hydrogen) atoms. The Kier molecular flexibility index (Phi) is 4.53. The van der Waals surface area contributed by atoms with Crippen LogP contribution < -0.4 is 5.73 Å². The van der Waals surface area contributed by atoms with Gasteiger partial charge in [-0.15, -0.1) is 11.3 Å². The average Bonchev–Trinajstić information content (AvgIpc) is 2.86. The van der Waals surface area contributed by atoms with Crippen LogP contribution in [0.1, 0.15) is 22.2 Å². The molecule has 0 radical (unpaired) electrons. The fourth-order valence-electron chi connectivity index (χ4n) is 1.73. The van der Waals surface area contributed by atoms with Crippen LogP contribution in [0.4, 0.5) is 5.69 Å². The molecule has 1 aromatic heterocycles. The van der Waals surface area contributed by atoms with Crippen LogP contribution >= 0.6 is 11.3 Å². The lowest BCUT2D eigenvalue weighted by atomic mass is 10.1. The molecule has 2 rings (SSSR count). The summed E-state index contributed by atoms with van der Waals surface area (Å²) in [5, 5.41) is 0. The van der Waals surface area contributed by atoms with Crippen LogP contribution in [0, 0.1) is 0 Å². The molecule has 0 bridgehead atoms. The van der Waals surface area contributed by atoms with Crippen molar-refractivity contribution in [3.05, 3.63) is 57.8 Å². The molecule has 0 spiro atoms. The highest BCUT2D eigenvalue weighted by atomic mass is 32.1. The minimum Gasteiger partial charge on any atom is -0.399 e. The normalized spacial score (nSPS) is 11.0. The fraction of sp³-hybridized carbons (Fsp3) is 0.188. The number of rotatable bonds is 5. The van der Waals surface area contributed by atoms with E-state index in [0.717, 1.165) is 22.5 Å². The zero-order valence-corrected chi connectivity index (χ0v) is 11.7. The number of nitrogen functional groups attached to an aromatic ring is 1. The Morgan fingerprint density at radius 1 is 1.16 bits per heavy atom. The Morgan fingerprint density at radius 3 is 2.47 bits per heavy atom. The van der Waals surface area contributed by atoms with Gasteiger partial charge in [0.1, 0.15) is 0 Å². The lowest BCUT2D eigenvalue weighted by molar-refractivity contribution is -0.113. The van der Waals surface area contributed by atoms with E-state index in [1.807, 2.05) is 36.4 Å². The maximum Gasteiger partial charge on any atom is 0.160 e. The molecule has 1 heterocycles. The van der Waals surface area contributed by atoms with Gasteiger partial charge in [0.25, 0.3) is 0 Å². The number of benzene rings is 1. The number of carbonyl (C=O) groups excluding carboxylic acids is 1. The van der Waals surface area contributed by atoms with Crippen LogP contribution in [0.2, 0.25) is 0 Å². The van der Waals surface area contributed by atoms with Crippen LogP contribution in [-0.2, 0) is 17.6 Å². The van der Waals surface area contributed by atoms with Gasteiger partial charge >= 0.3 is 0 Å². The van der Waals surface area contributed by atoms with Crippen LogP contribution in [0.3, 0.4) is 0 Å². The molecule has 2 nitrogen and oxygen atoms in total. The van der Waals surface area contributed by atoms with Gasteiger partial charge in [0, 0.05) is 21.9 Å². The van der Waals surface area contributed by atoms with Gasteiger partial charge in [0.2, 0.25) is 0 Å². The highest BCUT2D eigenvalue weighted by molar-refractivity contribution is 7.12. The van der Waals surface area contributed by atoms with E-state index in [0.29, 0.717) is 6.42 Å². The van der Waals surface area contributed by atoms with Crippen molar-refractivity contribution in [2.75, 3.05) is 5.73 Å². The number of nitrogens with two attached hydrogens (primary N) is 1. The number of anilines is 1. The molecule has 0 unspecified atom stereocenters. The highest BCUT2D eigenvalue weighted by Gasteiger charge is 2.03. The number of ketones is 1. The maximum absolute atomic E-state index is 11.8. The Hall–Kier alpha value is -1.87. The SMILES string of the molecule is CCc1ccc(CC(=O)/C=C/c2ccc(N)cc2)s1. The van der Waals surface area contributed by atoms with Gasteiger partial charge in [0.15, 0.2) is 5.78 Å². The standard InChI is InChI=1S/C16H17NOS/c1-2-15-9-10-16(19-15)11-14(18)8-5-12-3-6-13(17)7-4-12/h3-10H,2,11,17H2,1H3/b8-5+. The fourth-order valence-corrected chi connectivity index (χ4v) is 2.70. The first kappa shape index (κ1) is 13.6. The molecule has 2 N–H and O–H groups in total. The van der Waals surface area contributed by atoms with E-state index < -0.39 is 0 Å². The van der Waals surface area contributed by atoms with Crippen molar-refractivity contribution < 1.29 is 4.79 Å². The summed E-state index contributed by atoms with van der Waals surface area (Å²) in [7, 11) is 0. The first-order valence-electron chi connectivity index (χ1n) is 6.31. The predicted molar refractivity (Wildman–Crippen MR) is 82.3 cm³/mol. The van der Waals surface area contributed by atoms with Crippen molar-refractivity contribution in [2.45, 2.75) is 19.8 Å². The molecule has 0 amide bonds. The molecule has 0 atom stereocenters. The minimum atomic E-state index is 0.126. The number of thiophene rings is 1. The Balaban J connectivity index is 1.95. The monoisotopic (exact) mass is 271 g/mol. The number of carbonyl (C=O) groups is 1. The summed E-state index contributed by atoms with van der Waals surface area (Å²) in [6.45, 7) is 2.12. The summed E-state index contributed by atoms with van der Waals surface area (Å²) in [5.41, 5.74) is 7.33.